The Morgan fingerprint density at radius 1 is 0.784 bits per heavy atom. The number of carbonyl (C=O) groups is 1. The Labute approximate surface area is 210 Å². The number of hydrogen-bond acceptors (Lipinski definition) is 9. The normalized spacial score (nSPS) is 16.6. The largest absolute Gasteiger partial charge is 0.476 e. The predicted octanol–water partition coefficient (Wildman–Crippen LogP) is 2.73. The van der Waals surface area contributed by atoms with Gasteiger partial charge in [0.05, 0.1) is 21.2 Å². The summed E-state index contributed by atoms with van der Waals surface area (Å²) < 4.78 is 64.2. The summed E-state index contributed by atoms with van der Waals surface area (Å²) in [6, 6.07) is 17.2. The zero-order valence-electron chi connectivity index (χ0n) is 18.5. The first-order valence-electron chi connectivity index (χ1n) is 10.2. The summed E-state index contributed by atoms with van der Waals surface area (Å²) in [4.78, 5) is 11.5. The van der Waals surface area contributed by atoms with Crippen LogP contribution in [0.5, 0.6) is 0 Å². The molecule has 0 aliphatic carbocycles. The van der Waals surface area contributed by atoms with E-state index in [1.54, 1.807) is 30.3 Å². The summed E-state index contributed by atoms with van der Waals surface area (Å²) in [6.45, 7) is 0. The number of carboxylic acids is 1. The highest BCUT2D eigenvalue weighted by molar-refractivity contribution is 7.86. The van der Waals surface area contributed by atoms with Gasteiger partial charge in [-0.1, -0.05) is 30.3 Å². The number of aliphatic hydroxyl groups excluding tert-OH is 1. The molecule has 1 aliphatic rings. The second kappa shape index (κ2) is 9.72. The molecule has 0 radical (unpaired) electrons. The lowest BCUT2D eigenvalue weighted by molar-refractivity contribution is -0.134. The highest BCUT2D eigenvalue weighted by atomic mass is 32.2. The summed E-state index contributed by atoms with van der Waals surface area (Å²) in [5.41, 5.74) is -0.204. The van der Waals surface area contributed by atoms with Crippen molar-refractivity contribution in [1.29, 1.82) is 0 Å². The summed E-state index contributed by atoms with van der Waals surface area (Å²) in [5, 5.41) is 31.1. The lowest BCUT2D eigenvalue weighted by Crippen LogP contribution is -2.40. The molecule has 1 atom stereocenters. The molecule has 1 heterocycles. The Kier molecular flexibility index (Phi) is 6.81. The van der Waals surface area contributed by atoms with Crippen molar-refractivity contribution in [3.63, 3.8) is 0 Å². The van der Waals surface area contributed by atoms with E-state index in [-0.39, 0.29) is 16.8 Å². The van der Waals surface area contributed by atoms with Crippen LogP contribution in [0.15, 0.2) is 105 Å². The maximum atomic E-state index is 12.4. The fourth-order valence-corrected chi connectivity index (χ4v) is 4.51. The summed E-state index contributed by atoms with van der Waals surface area (Å²) in [7, 11) is -9.05. The number of hydrazine groups is 1. The lowest BCUT2D eigenvalue weighted by atomic mass is 10.0. The molecule has 0 saturated heterocycles. The van der Waals surface area contributed by atoms with Gasteiger partial charge >= 0.3 is 5.97 Å². The molecule has 4 N–H and O–H groups in total. The molecule has 1 unspecified atom stereocenters. The lowest BCUT2D eigenvalue weighted by Gasteiger charge is -2.29. The van der Waals surface area contributed by atoms with Crippen molar-refractivity contribution in [2.75, 3.05) is 5.01 Å². The molecule has 0 saturated carbocycles. The van der Waals surface area contributed by atoms with Crippen LogP contribution in [-0.2, 0) is 25.0 Å². The standard InChI is InChI=1S/C22H18N4O9S2/c27-21-19(14-6-10-17(11-7-14)36(30,31)32)20(22(28)29)26(24-23-15-4-2-1-3-5-15)25(21)16-8-12-18(13-9-16)37(33,34)35/h1-13,21,27H,(H,28,29)(H,30,31,32)(H,33,34,35). The topological polar surface area (TPSA) is 197 Å². The molecule has 4 rings (SSSR count). The molecule has 0 spiro atoms. The van der Waals surface area contributed by atoms with Gasteiger partial charge in [0.15, 0.2) is 11.9 Å². The van der Waals surface area contributed by atoms with Crippen LogP contribution in [0.1, 0.15) is 5.56 Å². The van der Waals surface area contributed by atoms with Crippen molar-refractivity contribution in [3.8, 4) is 0 Å². The van der Waals surface area contributed by atoms with E-state index in [0.29, 0.717) is 5.69 Å². The second-order valence-electron chi connectivity index (χ2n) is 7.57. The number of benzene rings is 3. The fraction of sp³-hybridized carbons (Fsp3) is 0.0455. The maximum absolute atomic E-state index is 12.4. The van der Waals surface area contributed by atoms with Gasteiger partial charge in [0, 0.05) is 5.57 Å². The first-order valence-corrected chi connectivity index (χ1v) is 13.1. The molecular weight excluding hydrogens is 528 g/mol. The second-order valence-corrected chi connectivity index (χ2v) is 10.4. The quantitative estimate of drug-likeness (QED) is 0.251. The van der Waals surface area contributed by atoms with Gasteiger partial charge in [0.1, 0.15) is 0 Å². The van der Waals surface area contributed by atoms with E-state index in [1.807, 2.05) is 0 Å². The number of rotatable bonds is 7. The Bertz CT molecular complexity index is 1600. The predicted molar refractivity (Wildman–Crippen MR) is 128 cm³/mol. The molecule has 192 valence electrons. The Hall–Kier alpha value is -4.15. The van der Waals surface area contributed by atoms with Gasteiger partial charge in [-0.15, -0.1) is 10.2 Å². The van der Waals surface area contributed by atoms with Crippen molar-refractivity contribution in [3.05, 3.63) is 90.1 Å². The van der Waals surface area contributed by atoms with Gasteiger partial charge in [-0.05, 0) is 59.3 Å². The van der Waals surface area contributed by atoms with Gasteiger partial charge in [-0.2, -0.15) is 16.8 Å². The smallest absolute Gasteiger partial charge is 0.356 e. The van der Waals surface area contributed by atoms with Crippen molar-refractivity contribution >= 4 is 43.2 Å². The molecule has 13 nitrogen and oxygen atoms in total. The molecular formula is C22H18N4O9S2. The average Bonchev–Trinajstić information content (AvgIpc) is 3.14. The van der Waals surface area contributed by atoms with Gasteiger partial charge < -0.3 is 10.2 Å². The fourth-order valence-electron chi connectivity index (χ4n) is 3.55. The molecule has 37 heavy (non-hydrogen) atoms. The van der Waals surface area contributed by atoms with E-state index in [0.717, 1.165) is 34.4 Å². The minimum Gasteiger partial charge on any atom is -0.476 e. The van der Waals surface area contributed by atoms with Crippen LogP contribution in [-0.4, -0.2) is 53.5 Å². The minimum atomic E-state index is -4.53. The number of anilines is 1. The molecule has 0 bridgehead atoms. The van der Waals surface area contributed by atoms with Crippen LogP contribution in [0, 0.1) is 0 Å². The SMILES string of the molecule is O=C(O)C1=C(c2ccc(S(=O)(=O)O)cc2)C(O)N(c2ccc(S(=O)(=O)O)cc2)N1N=Nc1ccccc1. The van der Waals surface area contributed by atoms with Crippen LogP contribution in [0.3, 0.4) is 0 Å². The van der Waals surface area contributed by atoms with E-state index in [1.165, 1.54) is 24.3 Å². The van der Waals surface area contributed by atoms with Gasteiger partial charge in [0.25, 0.3) is 20.2 Å². The average molecular weight is 547 g/mol. The summed E-state index contributed by atoms with van der Waals surface area (Å²) in [6.07, 6.45) is -1.71. The monoisotopic (exact) mass is 546 g/mol. The number of aliphatic hydroxyl groups is 1. The van der Waals surface area contributed by atoms with E-state index in [9.17, 15) is 40.9 Å². The number of aliphatic carboxylic acids is 1. The van der Waals surface area contributed by atoms with Gasteiger partial charge in [0.2, 0.25) is 0 Å². The highest BCUT2D eigenvalue weighted by Crippen LogP contribution is 2.39. The van der Waals surface area contributed by atoms with Crippen LogP contribution in [0.2, 0.25) is 0 Å². The zero-order valence-corrected chi connectivity index (χ0v) is 20.2. The van der Waals surface area contributed by atoms with E-state index in [2.05, 4.69) is 10.3 Å². The molecule has 0 fully saturated rings. The summed E-state index contributed by atoms with van der Waals surface area (Å²) in [5.74, 6) is -1.52. The molecule has 0 aromatic heterocycles. The van der Waals surface area contributed by atoms with E-state index in [4.69, 9.17) is 0 Å². The third kappa shape index (κ3) is 5.35. The van der Waals surface area contributed by atoms with Crippen molar-refractivity contribution in [2.45, 2.75) is 16.0 Å². The van der Waals surface area contributed by atoms with Crippen LogP contribution in [0.4, 0.5) is 11.4 Å². The maximum Gasteiger partial charge on any atom is 0.356 e. The van der Waals surface area contributed by atoms with Crippen LogP contribution in [0.25, 0.3) is 5.57 Å². The van der Waals surface area contributed by atoms with Crippen LogP contribution < -0.4 is 5.01 Å². The number of hydrogen-bond donors (Lipinski definition) is 4. The third-order valence-corrected chi connectivity index (χ3v) is 6.95. The molecule has 3 aromatic rings. The highest BCUT2D eigenvalue weighted by Gasteiger charge is 2.43. The Balaban J connectivity index is 1.87. The number of carboxylic acid groups (broad SMARTS) is 1. The Morgan fingerprint density at radius 3 is 1.78 bits per heavy atom. The van der Waals surface area contributed by atoms with Crippen molar-refractivity contribution < 1.29 is 40.9 Å². The van der Waals surface area contributed by atoms with Crippen LogP contribution >= 0.6 is 0 Å². The van der Waals surface area contributed by atoms with Crippen molar-refractivity contribution in [2.24, 2.45) is 10.3 Å². The van der Waals surface area contributed by atoms with E-state index < -0.39 is 47.9 Å². The molecule has 3 aromatic carbocycles. The van der Waals surface area contributed by atoms with Gasteiger partial charge in [-0.3, -0.25) is 9.11 Å². The number of nitrogens with zero attached hydrogens (tertiary/aromatic N) is 4. The Morgan fingerprint density at radius 2 is 1.30 bits per heavy atom. The molecule has 0 amide bonds. The minimum absolute atomic E-state index is 0.0789. The summed E-state index contributed by atoms with van der Waals surface area (Å²) >= 11 is 0. The first-order chi connectivity index (χ1) is 17.4. The van der Waals surface area contributed by atoms with Crippen molar-refractivity contribution in [1.82, 2.24) is 5.12 Å². The zero-order chi connectivity index (χ0) is 27.0. The molecule has 15 heteroatoms. The molecule has 1 aliphatic heterocycles. The van der Waals surface area contributed by atoms with Gasteiger partial charge in [-0.25, -0.2) is 9.80 Å². The first kappa shape index (κ1) is 25.9. The van der Waals surface area contributed by atoms with E-state index >= 15 is 0 Å². The third-order valence-electron chi connectivity index (χ3n) is 5.22.